The third-order valence-electron chi connectivity index (χ3n) is 3.65. The Balaban J connectivity index is 1.99. The lowest BCUT2D eigenvalue weighted by Crippen LogP contribution is -2.26. The fraction of sp³-hybridized carbons (Fsp3) is 0.333. The summed E-state index contributed by atoms with van der Waals surface area (Å²) in [6, 6.07) is 7.37. The Bertz CT molecular complexity index is 930. The summed E-state index contributed by atoms with van der Waals surface area (Å²) < 4.78 is 7.61. The van der Waals surface area contributed by atoms with Gasteiger partial charge in [-0.15, -0.1) is 5.10 Å². The summed E-state index contributed by atoms with van der Waals surface area (Å²) in [5.41, 5.74) is 1.29. The molecule has 0 spiro atoms. The topological polar surface area (TPSA) is 111 Å². The summed E-state index contributed by atoms with van der Waals surface area (Å²) in [6.07, 6.45) is 0.236. The molecule has 1 amide bonds. The zero-order valence-corrected chi connectivity index (χ0v) is 18.2. The number of ether oxygens (including phenoxy) is 1. The van der Waals surface area contributed by atoms with Crippen molar-refractivity contribution in [1.82, 2.24) is 15.1 Å². The third kappa shape index (κ3) is 6.16. The van der Waals surface area contributed by atoms with Crippen molar-refractivity contribution < 1.29 is 19.4 Å². The highest BCUT2D eigenvalue weighted by molar-refractivity contribution is 9.13. The average molecular weight is 517 g/mol. The number of aliphatic carboxylic acids is 1. The number of nitrogens with one attached hydrogen (secondary N) is 1. The number of carbonyl (C=O) groups excluding carboxylic acids is 1. The van der Waals surface area contributed by atoms with E-state index in [1.807, 2.05) is 25.1 Å². The van der Waals surface area contributed by atoms with Gasteiger partial charge in [-0.3, -0.25) is 14.4 Å². The van der Waals surface area contributed by atoms with Crippen LogP contribution in [0.4, 0.5) is 0 Å². The molecular weight excluding hydrogens is 498 g/mol. The van der Waals surface area contributed by atoms with E-state index in [1.54, 1.807) is 6.07 Å². The van der Waals surface area contributed by atoms with E-state index in [1.165, 1.54) is 4.68 Å². The number of carbonyl (C=O) groups is 2. The quantitative estimate of drug-likeness (QED) is 0.496. The molecule has 2 rings (SSSR count). The number of hydrogen-bond acceptors (Lipinski definition) is 5. The van der Waals surface area contributed by atoms with Crippen molar-refractivity contribution in [3.05, 3.63) is 49.1 Å². The molecule has 8 nitrogen and oxygen atoms in total. The van der Waals surface area contributed by atoms with E-state index in [0.717, 1.165) is 5.56 Å². The van der Waals surface area contributed by atoms with Gasteiger partial charge >= 0.3 is 5.97 Å². The van der Waals surface area contributed by atoms with E-state index in [0.29, 0.717) is 27.6 Å². The first kappa shape index (κ1) is 22.1. The van der Waals surface area contributed by atoms with Gasteiger partial charge in [0.05, 0.1) is 18.7 Å². The number of halogens is 2. The molecule has 0 unspecified atom stereocenters. The van der Waals surface area contributed by atoms with Gasteiger partial charge in [0.2, 0.25) is 11.8 Å². The van der Waals surface area contributed by atoms with Gasteiger partial charge in [-0.2, -0.15) is 4.68 Å². The fourth-order valence-corrected chi connectivity index (χ4v) is 2.97. The fourth-order valence-electron chi connectivity index (χ4n) is 2.27. The molecule has 1 aromatic carbocycles. The maximum Gasteiger partial charge on any atom is 0.303 e. The maximum atomic E-state index is 12.5. The van der Waals surface area contributed by atoms with Crippen molar-refractivity contribution in [2.75, 3.05) is 13.2 Å². The number of rotatable bonds is 9. The first-order chi connectivity index (χ1) is 13.3. The van der Waals surface area contributed by atoms with Crippen molar-refractivity contribution in [2.45, 2.75) is 26.2 Å². The molecule has 1 heterocycles. The lowest BCUT2D eigenvalue weighted by atomic mass is 10.2. The normalized spacial score (nSPS) is 10.5. The van der Waals surface area contributed by atoms with Crippen molar-refractivity contribution >= 4 is 43.7 Å². The largest absolute Gasteiger partial charge is 0.481 e. The molecule has 1 aromatic heterocycles. The van der Waals surface area contributed by atoms with Crippen LogP contribution in [0.15, 0.2) is 38.0 Å². The minimum Gasteiger partial charge on any atom is -0.481 e. The standard InChI is InChI=1S/C18H19Br2N3O5/c1-11-4-2-5-12(10-11)23-18(27)16(20)15(19)17(22-23)28-9-3-8-21-13(24)6-7-14(25)26/h2,4-5,10H,3,6-9H2,1H3,(H,21,24)(H,25,26). The van der Waals surface area contributed by atoms with Crippen LogP contribution >= 0.6 is 31.9 Å². The molecule has 0 atom stereocenters. The van der Waals surface area contributed by atoms with Crippen molar-refractivity contribution in [2.24, 2.45) is 0 Å². The number of amides is 1. The summed E-state index contributed by atoms with van der Waals surface area (Å²) in [6.45, 7) is 2.52. The van der Waals surface area contributed by atoms with Gasteiger partial charge in [-0.25, -0.2) is 0 Å². The van der Waals surface area contributed by atoms with Crippen LogP contribution in [0.25, 0.3) is 5.69 Å². The van der Waals surface area contributed by atoms with Crippen molar-refractivity contribution in [3.8, 4) is 11.6 Å². The highest BCUT2D eigenvalue weighted by Crippen LogP contribution is 2.28. The molecule has 28 heavy (non-hydrogen) atoms. The van der Waals surface area contributed by atoms with E-state index in [2.05, 4.69) is 42.3 Å². The molecule has 0 saturated carbocycles. The van der Waals surface area contributed by atoms with E-state index in [9.17, 15) is 14.4 Å². The Kier molecular flexibility index (Phi) is 8.18. The molecule has 0 aliphatic carbocycles. The van der Waals surface area contributed by atoms with Crippen LogP contribution in [0.2, 0.25) is 0 Å². The first-order valence-electron chi connectivity index (χ1n) is 8.46. The Morgan fingerprint density at radius 3 is 2.68 bits per heavy atom. The van der Waals surface area contributed by atoms with Crippen LogP contribution in [-0.2, 0) is 9.59 Å². The van der Waals surface area contributed by atoms with Crippen molar-refractivity contribution in [1.29, 1.82) is 0 Å². The predicted octanol–water partition coefficient (Wildman–Crippen LogP) is 2.82. The van der Waals surface area contributed by atoms with Gasteiger partial charge in [0, 0.05) is 13.0 Å². The van der Waals surface area contributed by atoms with Crippen LogP contribution in [0.3, 0.4) is 0 Å². The zero-order valence-electron chi connectivity index (χ0n) is 15.1. The number of carboxylic acid groups (broad SMARTS) is 1. The number of aromatic nitrogens is 2. The van der Waals surface area contributed by atoms with Crippen LogP contribution in [-0.4, -0.2) is 39.9 Å². The second-order valence-corrected chi connectivity index (χ2v) is 7.52. The SMILES string of the molecule is Cc1cccc(-n2nc(OCCCNC(=O)CCC(=O)O)c(Br)c(Br)c2=O)c1. The van der Waals surface area contributed by atoms with E-state index >= 15 is 0 Å². The van der Waals surface area contributed by atoms with Crippen LogP contribution < -0.4 is 15.6 Å². The lowest BCUT2D eigenvalue weighted by molar-refractivity contribution is -0.138. The minimum atomic E-state index is -1.01. The minimum absolute atomic E-state index is 0.0578. The summed E-state index contributed by atoms with van der Waals surface area (Å²) in [7, 11) is 0. The number of benzene rings is 1. The Labute approximate surface area is 178 Å². The molecule has 0 aliphatic heterocycles. The van der Waals surface area contributed by atoms with Gasteiger partial charge in [0.1, 0.15) is 8.95 Å². The molecular formula is C18H19Br2N3O5. The molecule has 0 saturated heterocycles. The third-order valence-corrected chi connectivity index (χ3v) is 5.65. The Morgan fingerprint density at radius 1 is 1.25 bits per heavy atom. The summed E-state index contributed by atoms with van der Waals surface area (Å²) in [4.78, 5) is 34.4. The van der Waals surface area contributed by atoms with E-state index < -0.39 is 5.97 Å². The van der Waals surface area contributed by atoms with Crippen molar-refractivity contribution in [3.63, 3.8) is 0 Å². The molecule has 0 radical (unpaired) electrons. The smallest absolute Gasteiger partial charge is 0.303 e. The number of aryl methyl sites for hydroxylation is 1. The van der Waals surface area contributed by atoms with Crippen LogP contribution in [0, 0.1) is 6.92 Å². The summed E-state index contributed by atoms with van der Waals surface area (Å²) >= 11 is 6.57. The van der Waals surface area contributed by atoms with Gasteiger partial charge < -0.3 is 15.2 Å². The second-order valence-electron chi connectivity index (χ2n) is 5.93. The second kappa shape index (κ2) is 10.4. The molecule has 0 aliphatic rings. The van der Waals surface area contributed by atoms with Gasteiger partial charge in [-0.05, 0) is 62.9 Å². The van der Waals surface area contributed by atoms with Crippen LogP contribution in [0.5, 0.6) is 5.88 Å². The van der Waals surface area contributed by atoms with E-state index in [-0.39, 0.29) is 36.8 Å². The first-order valence-corrected chi connectivity index (χ1v) is 10.0. The lowest BCUT2D eigenvalue weighted by Gasteiger charge is -2.12. The molecule has 0 fully saturated rings. The Morgan fingerprint density at radius 2 is 2.00 bits per heavy atom. The molecule has 0 bridgehead atoms. The molecule has 10 heteroatoms. The zero-order chi connectivity index (χ0) is 20.7. The highest BCUT2D eigenvalue weighted by Gasteiger charge is 2.16. The Hall–Kier alpha value is -2.20. The average Bonchev–Trinajstić information content (AvgIpc) is 2.65. The number of hydrogen-bond donors (Lipinski definition) is 2. The van der Waals surface area contributed by atoms with Gasteiger partial charge in [-0.1, -0.05) is 12.1 Å². The molecule has 2 N–H and O–H groups in total. The number of carboxylic acids is 1. The van der Waals surface area contributed by atoms with Gasteiger partial charge in [0.25, 0.3) is 5.56 Å². The van der Waals surface area contributed by atoms with E-state index in [4.69, 9.17) is 9.84 Å². The maximum absolute atomic E-state index is 12.5. The highest BCUT2D eigenvalue weighted by atomic mass is 79.9. The van der Waals surface area contributed by atoms with Gasteiger partial charge in [0.15, 0.2) is 0 Å². The van der Waals surface area contributed by atoms with Crippen LogP contribution in [0.1, 0.15) is 24.8 Å². The summed E-state index contributed by atoms with van der Waals surface area (Å²) in [5, 5.41) is 15.4. The monoisotopic (exact) mass is 515 g/mol. The molecule has 2 aromatic rings. The summed E-state index contributed by atoms with van der Waals surface area (Å²) in [5.74, 6) is -1.09. The molecule has 150 valence electrons. The predicted molar refractivity (Wildman–Crippen MR) is 110 cm³/mol. The number of nitrogens with zero attached hydrogens (tertiary/aromatic N) is 2.